The van der Waals surface area contributed by atoms with Crippen LogP contribution in [0.4, 0.5) is 0 Å². The highest BCUT2D eigenvalue weighted by molar-refractivity contribution is 14.0. The van der Waals surface area contributed by atoms with Gasteiger partial charge in [-0.15, -0.1) is 24.0 Å². The fraction of sp³-hybridized carbons (Fsp3) is 0.375. The van der Waals surface area contributed by atoms with Gasteiger partial charge in [-0.25, -0.2) is 4.99 Å². The monoisotopic (exact) mass is 429 g/mol. The van der Waals surface area contributed by atoms with Gasteiger partial charge in [0.1, 0.15) is 5.75 Å². The molecule has 0 saturated carbocycles. The van der Waals surface area contributed by atoms with Gasteiger partial charge in [0, 0.05) is 19.8 Å². The van der Waals surface area contributed by atoms with E-state index in [0.29, 0.717) is 13.1 Å². The zero-order valence-corrected chi connectivity index (χ0v) is 16.1. The van der Waals surface area contributed by atoms with Gasteiger partial charge in [0.25, 0.3) is 0 Å². The van der Waals surface area contributed by atoms with E-state index in [2.05, 4.69) is 27.6 Å². The summed E-state index contributed by atoms with van der Waals surface area (Å²) in [7, 11) is 3.59. The van der Waals surface area contributed by atoms with E-state index < -0.39 is 0 Å². The number of hydrogen-bond donors (Lipinski definition) is 2. The number of aryl methyl sites for hydroxylation is 1. The Kier molecular flexibility index (Phi) is 8.46. The molecule has 1 aromatic heterocycles. The largest absolute Gasteiger partial charge is 0.497 e. The summed E-state index contributed by atoms with van der Waals surface area (Å²) in [4.78, 5) is 4.59. The second-order valence-corrected chi connectivity index (χ2v) is 4.84. The molecule has 2 rings (SSSR count). The van der Waals surface area contributed by atoms with Gasteiger partial charge in [-0.2, -0.15) is 5.10 Å². The van der Waals surface area contributed by atoms with Gasteiger partial charge in [-0.3, -0.25) is 4.68 Å². The Morgan fingerprint density at radius 1 is 1.22 bits per heavy atom. The lowest BCUT2D eigenvalue weighted by Crippen LogP contribution is -2.37. The number of rotatable bonds is 6. The molecule has 0 saturated heterocycles. The first-order chi connectivity index (χ1) is 10.7. The standard InChI is InChI=1S/C16H23N5O.HI/c1-4-17-16(19-12-14-9-10-20-21(14)2)18-11-13-5-7-15(22-3)8-6-13;/h5-10H,4,11-12H2,1-3H3,(H2,17,18,19);1H. The van der Waals surface area contributed by atoms with E-state index >= 15 is 0 Å². The van der Waals surface area contributed by atoms with E-state index in [1.165, 1.54) is 0 Å². The SMILES string of the molecule is CCNC(=NCc1ccc(OC)cc1)NCc1ccnn1C.I. The van der Waals surface area contributed by atoms with Crippen LogP contribution in [0.5, 0.6) is 5.75 Å². The maximum absolute atomic E-state index is 5.16. The van der Waals surface area contributed by atoms with Gasteiger partial charge in [0.15, 0.2) is 5.96 Å². The molecule has 0 fully saturated rings. The number of halogens is 1. The molecule has 0 unspecified atom stereocenters. The highest BCUT2D eigenvalue weighted by Gasteiger charge is 2.01. The van der Waals surface area contributed by atoms with Gasteiger partial charge in [-0.05, 0) is 30.7 Å². The van der Waals surface area contributed by atoms with Gasteiger partial charge in [0.05, 0.1) is 25.9 Å². The van der Waals surface area contributed by atoms with Crippen molar-refractivity contribution < 1.29 is 4.74 Å². The Bertz CT molecular complexity index is 609. The first-order valence-corrected chi connectivity index (χ1v) is 7.35. The molecule has 126 valence electrons. The maximum Gasteiger partial charge on any atom is 0.191 e. The zero-order valence-electron chi connectivity index (χ0n) is 13.7. The zero-order chi connectivity index (χ0) is 15.8. The molecule has 0 radical (unpaired) electrons. The van der Waals surface area contributed by atoms with E-state index in [9.17, 15) is 0 Å². The van der Waals surface area contributed by atoms with Crippen molar-refractivity contribution in [1.82, 2.24) is 20.4 Å². The topological polar surface area (TPSA) is 63.5 Å². The molecule has 0 aliphatic carbocycles. The predicted molar refractivity (Wildman–Crippen MR) is 103 cm³/mol. The van der Waals surface area contributed by atoms with Crippen LogP contribution in [0, 0.1) is 0 Å². The lowest BCUT2D eigenvalue weighted by Gasteiger charge is -2.11. The van der Waals surface area contributed by atoms with Gasteiger partial charge < -0.3 is 15.4 Å². The van der Waals surface area contributed by atoms with Gasteiger partial charge in [-0.1, -0.05) is 12.1 Å². The molecule has 1 heterocycles. The quantitative estimate of drug-likeness (QED) is 0.420. The Morgan fingerprint density at radius 2 is 1.96 bits per heavy atom. The molecule has 2 N–H and O–H groups in total. The minimum Gasteiger partial charge on any atom is -0.497 e. The minimum atomic E-state index is 0. The normalized spacial score (nSPS) is 10.8. The number of nitrogens with zero attached hydrogens (tertiary/aromatic N) is 3. The van der Waals surface area contributed by atoms with Crippen molar-refractivity contribution in [1.29, 1.82) is 0 Å². The third-order valence-corrected chi connectivity index (χ3v) is 3.28. The third-order valence-electron chi connectivity index (χ3n) is 3.28. The summed E-state index contributed by atoms with van der Waals surface area (Å²) in [5.74, 6) is 1.65. The van der Waals surface area contributed by atoms with Crippen molar-refractivity contribution in [2.45, 2.75) is 20.0 Å². The molecule has 1 aromatic carbocycles. The van der Waals surface area contributed by atoms with Crippen molar-refractivity contribution >= 4 is 29.9 Å². The molecule has 0 amide bonds. The van der Waals surface area contributed by atoms with E-state index in [0.717, 1.165) is 29.5 Å². The average Bonchev–Trinajstić information content (AvgIpc) is 2.96. The number of hydrogen-bond acceptors (Lipinski definition) is 3. The Balaban J connectivity index is 0.00000264. The van der Waals surface area contributed by atoms with Crippen molar-refractivity contribution in [2.24, 2.45) is 12.0 Å². The fourth-order valence-electron chi connectivity index (χ4n) is 1.99. The Labute approximate surface area is 154 Å². The summed E-state index contributed by atoms with van der Waals surface area (Å²) in [5.41, 5.74) is 2.24. The molecule has 0 aliphatic rings. The number of nitrogens with one attached hydrogen (secondary N) is 2. The lowest BCUT2D eigenvalue weighted by molar-refractivity contribution is 0.414. The third kappa shape index (κ3) is 6.09. The number of methoxy groups -OCH3 is 1. The lowest BCUT2D eigenvalue weighted by atomic mass is 10.2. The van der Waals surface area contributed by atoms with Crippen molar-refractivity contribution in [2.75, 3.05) is 13.7 Å². The average molecular weight is 429 g/mol. The summed E-state index contributed by atoms with van der Waals surface area (Å²) < 4.78 is 7.00. The summed E-state index contributed by atoms with van der Waals surface area (Å²) in [6.45, 7) is 4.17. The summed E-state index contributed by atoms with van der Waals surface area (Å²) >= 11 is 0. The highest BCUT2D eigenvalue weighted by Crippen LogP contribution is 2.11. The smallest absolute Gasteiger partial charge is 0.191 e. The highest BCUT2D eigenvalue weighted by atomic mass is 127. The van der Waals surface area contributed by atoms with Crippen LogP contribution in [0.25, 0.3) is 0 Å². The molecular formula is C16H24IN5O. The van der Waals surface area contributed by atoms with Crippen LogP contribution in [0.15, 0.2) is 41.5 Å². The Morgan fingerprint density at radius 3 is 2.52 bits per heavy atom. The minimum absolute atomic E-state index is 0. The fourth-order valence-corrected chi connectivity index (χ4v) is 1.99. The van der Waals surface area contributed by atoms with E-state index in [4.69, 9.17) is 4.74 Å². The molecule has 23 heavy (non-hydrogen) atoms. The number of aromatic nitrogens is 2. The second-order valence-electron chi connectivity index (χ2n) is 4.84. The maximum atomic E-state index is 5.16. The molecule has 6 nitrogen and oxygen atoms in total. The second kappa shape index (κ2) is 10.1. The van der Waals surface area contributed by atoms with Crippen LogP contribution in [0.1, 0.15) is 18.2 Å². The van der Waals surface area contributed by atoms with E-state index in [-0.39, 0.29) is 24.0 Å². The van der Waals surface area contributed by atoms with Crippen molar-refractivity contribution in [3.8, 4) is 5.75 Å². The summed E-state index contributed by atoms with van der Waals surface area (Å²) in [5, 5.41) is 10.7. The summed E-state index contributed by atoms with van der Waals surface area (Å²) in [6, 6.07) is 9.92. The Hall–Kier alpha value is -1.77. The molecule has 0 bridgehead atoms. The van der Waals surface area contributed by atoms with Crippen LogP contribution >= 0.6 is 24.0 Å². The number of guanidine groups is 1. The summed E-state index contributed by atoms with van der Waals surface area (Å²) in [6.07, 6.45) is 1.79. The molecule has 0 spiro atoms. The molecule has 2 aromatic rings. The van der Waals surface area contributed by atoms with Crippen LogP contribution in [-0.4, -0.2) is 29.4 Å². The van der Waals surface area contributed by atoms with E-state index in [1.54, 1.807) is 13.3 Å². The van der Waals surface area contributed by atoms with Crippen LogP contribution < -0.4 is 15.4 Å². The van der Waals surface area contributed by atoms with Crippen LogP contribution in [0.3, 0.4) is 0 Å². The van der Waals surface area contributed by atoms with Crippen molar-refractivity contribution in [3.63, 3.8) is 0 Å². The number of ether oxygens (including phenoxy) is 1. The molecule has 7 heteroatoms. The first-order valence-electron chi connectivity index (χ1n) is 7.35. The van der Waals surface area contributed by atoms with Crippen molar-refractivity contribution in [3.05, 3.63) is 47.8 Å². The molecular weight excluding hydrogens is 405 g/mol. The predicted octanol–water partition coefficient (Wildman–Crippen LogP) is 2.30. The first kappa shape index (κ1) is 19.3. The number of benzene rings is 1. The van der Waals surface area contributed by atoms with Crippen LogP contribution in [0.2, 0.25) is 0 Å². The van der Waals surface area contributed by atoms with E-state index in [1.807, 2.05) is 42.1 Å². The van der Waals surface area contributed by atoms with Crippen LogP contribution in [-0.2, 0) is 20.1 Å². The molecule has 0 aliphatic heterocycles. The van der Waals surface area contributed by atoms with Gasteiger partial charge >= 0.3 is 0 Å². The number of aliphatic imine (C=N–C) groups is 1. The van der Waals surface area contributed by atoms with Gasteiger partial charge in [0.2, 0.25) is 0 Å². The molecule has 0 atom stereocenters.